The Hall–Kier alpha value is -2.68. The van der Waals surface area contributed by atoms with E-state index < -0.39 is 0 Å². The van der Waals surface area contributed by atoms with Crippen LogP contribution in [0.1, 0.15) is 24.0 Å². The van der Waals surface area contributed by atoms with Gasteiger partial charge in [0.1, 0.15) is 0 Å². The average Bonchev–Trinajstić information content (AvgIpc) is 3.32. The molecule has 3 heterocycles. The van der Waals surface area contributed by atoms with Gasteiger partial charge in [-0.3, -0.25) is 0 Å². The summed E-state index contributed by atoms with van der Waals surface area (Å²) >= 11 is 0. The summed E-state index contributed by atoms with van der Waals surface area (Å²) in [5.41, 5.74) is 7.98. The molecule has 0 bridgehead atoms. The van der Waals surface area contributed by atoms with Crippen LogP contribution in [0.5, 0.6) is 0 Å². The predicted octanol–water partition coefficient (Wildman–Crippen LogP) is 4.78. The SMILES string of the molecule is C1=CN(c2ccc3c(c2N2C=CCC2)Cc2ccccc2N3)CC1. The third kappa shape index (κ3) is 2.12. The summed E-state index contributed by atoms with van der Waals surface area (Å²) in [6.45, 7) is 2.15. The van der Waals surface area contributed by atoms with Crippen molar-refractivity contribution in [2.75, 3.05) is 28.2 Å². The second-order valence-electron chi connectivity index (χ2n) is 6.65. The zero-order valence-corrected chi connectivity index (χ0v) is 13.7. The van der Waals surface area contributed by atoms with E-state index in [0.29, 0.717) is 0 Å². The first-order valence-electron chi connectivity index (χ1n) is 8.77. The first-order valence-corrected chi connectivity index (χ1v) is 8.77. The Labute approximate surface area is 142 Å². The molecule has 3 aliphatic heterocycles. The normalized spacial score (nSPS) is 17.8. The molecule has 0 atom stereocenters. The zero-order valence-electron chi connectivity index (χ0n) is 13.7. The Kier molecular flexibility index (Phi) is 3.12. The van der Waals surface area contributed by atoms with Gasteiger partial charge in [-0.25, -0.2) is 0 Å². The van der Waals surface area contributed by atoms with Crippen molar-refractivity contribution in [2.24, 2.45) is 0 Å². The minimum Gasteiger partial charge on any atom is -0.355 e. The van der Waals surface area contributed by atoms with Crippen molar-refractivity contribution in [1.82, 2.24) is 0 Å². The molecule has 2 aromatic rings. The number of nitrogens with zero attached hydrogens (tertiary/aromatic N) is 2. The van der Waals surface area contributed by atoms with Crippen molar-refractivity contribution in [3.8, 4) is 0 Å². The lowest BCUT2D eigenvalue weighted by Crippen LogP contribution is -2.22. The molecule has 0 saturated heterocycles. The summed E-state index contributed by atoms with van der Waals surface area (Å²) in [4.78, 5) is 4.82. The van der Waals surface area contributed by atoms with E-state index in [9.17, 15) is 0 Å². The fourth-order valence-electron chi connectivity index (χ4n) is 3.97. The van der Waals surface area contributed by atoms with E-state index in [1.54, 1.807) is 0 Å². The van der Waals surface area contributed by atoms with E-state index in [-0.39, 0.29) is 0 Å². The van der Waals surface area contributed by atoms with Crippen molar-refractivity contribution in [3.05, 3.63) is 72.1 Å². The molecule has 0 spiro atoms. The van der Waals surface area contributed by atoms with Crippen LogP contribution >= 0.6 is 0 Å². The molecular weight excluding hydrogens is 294 g/mol. The van der Waals surface area contributed by atoms with Crippen molar-refractivity contribution < 1.29 is 0 Å². The zero-order chi connectivity index (χ0) is 15.9. The van der Waals surface area contributed by atoms with Crippen LogP contribution in [0.15, 0.2) is 61.0 Å². The Balaban J connectivity index is 1.66. The number of benzene rings is 2. The predicted molar refractivity (Wildman–Crippen MR) is 101 cm³/mol. The van der Waals surface area contributed by atoms with Crippen LogP contribution in [-0.4, -0.2) is 13.1 Å². The van der Waals surface area contributed by atoms with Gasteiger partial charge >= 0.3 is 0 Å². The summed E-state index contributed by atoms with van der Waals surface area (Å²) in [6, 6.07) is 13.2. The van der Waals surface area contributed by atoms with Gasteiger partial charge in [0, 0.05) is 48.8 Å². The lowest BCUT2D eigenvalue weighted by atomic mass is 9.94. The van der Waals surface area contributed by atoms with Gasteiger partial charge in [0.05, 0.1) is 11.4 Å². The molecule has 0 aliphatic carbocycles. The van der Waals surface area contributed by atoms with E-state index in [1.165, 1.54) is 33.9 Å². The molecule has 1 N–H and O–H groups in total. The van der Waals surface area contributed by atoms with Crippen molar-refractivity contribution >= 4 is 22.7 Å². The molecule has 24 heavy (non-hydrogen) atoms. The van der Waals surface area contributed by atoms with Gasteiger partial charge in [-0.15, -0.1) is 0 Å². The Bertz CT molecular complexity index is 850. The Morgan fingerprint density at radius 1 is 0.792 bits per heavy atom. The number of fused-ring (bicyclic) bond motifs is 2. The van der Waals surface area contributed by atoms with Gasteiger partial charge in [0.2, 0.25) is 0 Å². The van der Waals surface area contributed by atoms with Gasteiger partial charge in [-0.1, -0.05) is 30.4 Å². The molecule has 3 nitrogen and oxygen atoms in total. The highest BCUT2D eigenvalue weighted by atomic mass is 15.2. The van der Waals surface area contributed by atoms with Crippen LogP contribution in [0.2, 0.25) is 0 Å². The molecule has 0 aromatic heterocycles. The van der Waals surface area contributed by atoms with Gasteiger partial charge < -0.3 is 15.1 Å². The van der Waals surface area contributed by atoms with Crippen LogP contribution in [0.3, 0.4) is 0 Å². The maximum absolute atomic E-state index is 3.63. The highest BCUT2D eigenvalue weighted by molar-refractivity contribution is 5.87. The summed E-state index contributed by atoms with van der Waals surface area (Å²) in [6.07, 6.45) is 12.3. The quantitative estimate of drug-likeness (QED) is 0.734. The highest BCUT2D eigenvalue weighted by Crippen LogP contribution is 2.44. The summed E-state index contributed by atoms with van der Waals surface area (Å²) in [7, 11) is 0. The monoisotopic (exact) mass is 315 g/mol. The van der Waals surface area contributed by atoms with E-state index in [0.717, 1.165) is 32.4 Å². The molecule has 0 fully saturated rings. The van der Waals surface area contributed by atoms with Gasteiger partial charge in [0.15, 0.2) is 0 Å². The van der Waals surface area contributed by atoms with Crippen molar-refractivity contribution in [1.29, 1.82) is 0 Å². The number of hydrogen-bond acceptors (Lipinski definition) is 3. The second-order valence-corrected chi connectivity index (χ2v) is 6.65. The summed E-state index contributed by atoms with van der Waals surface area (Å²) in [5, 5.41) is 3.63. The third-order valence-corrected chi connectivity index (χ3v) is 5.16. The minimum absolute atomic E-state index is 0.990. The molecule has 0 amide bonds. The number of anilines is 4. The molecular formula is C21H21N3. The van der Waals surface area contributed by atoms with Crippen LogP contribution in [0.4, 0.5) is 22.7 Å². The molecule has 3 heteroatoms. The highest BCUT2D eigenvalue weighted by Gasteiger charge is 2.25. The number of rotatable bonds is 2. The number of nitrogens with one attached hydrogen (secondary N) is 1. The molecule has 3 aliphatic rings. The fraction of sp³-hybridized carbons (Fsp3) is 0.238. The molecule has 5 rings (SSSR count). The number of para-hydroxylation sites is 1. The maximum atomic E-state index is 3.63. The average molecular weight is 315 g/mol. The first-order chi connectivity index (χ1) is 11.9. The van der Waals surface area contributed by atoms with Crippen LogP contribution in [-0.2, 0) is 6.42 Å². The van der Waals surface area contributed by atoms with Gasteiger partial charge in [-0.05, 0) is 36.6 Å². The van der Waals surface area contributed by atoms with Crippen LogP contribution in [0, 0.1) is 0 Å². The molecule has 120 valence electrons. The molecule has 0 unspecified atom stereocenters. The maximum Gasteiger partial charge on any atom is 0.0704 e. The minimum atomic E-state index is 0.990. The standard InChI is InChI=1S/C21H21N3/c1-2-8-18-16(7-1)15-17-19(22-18)9-10-20(23-11-3-4-12-23)21(17)24-13-5-6-14-24/h1-3,5,7-11,13,22H,4,6,12,14-15H2. The van der Waals surface area contributed by atoms with Crippen molar-refractivity contribution in [2.45, 2.75) is 19.3 Å². The summed E-state index contributed by atoms with van der Waals surface area (Å²) in [5.74, 6) is 0. The van der Waals surface area contributed by atoms with Gasteiger partial charge in [-0.2, -0.15) is 0 Å². The largest absolute Gasteiger partial charge is 0.355 e. The van der Waals surface area contributed by atoms with Crippen LogP contribution < -0.4 is 15.1 Å². The van der Waals surface area contributed by atoms with Crippen LogP contribution in [0.25, 0.3) is 0 Å². The second kappa shape index (κ2) is 5.45. The van der Waals surface area contributed by atoms with E-state index in [1.807, 2.05) is 0 Å². The third-order valence-electron chi connectivity index (χ3n) is 5.16. The van der Waals surface area contributed by atoms with Crippen molar-refractivity contribution in [3.63, 3.8) is 0 Å². The van der Waals surface area contributed by atoms with Gasteiger partial charge in [0.25, 0.3) is 0 Å². The summed E-state index contributed by atoms with van der Waals surface area (Å²) < 4.78 is 0. The van der Waals surface area contributed by atoms with E-state index >= 15 is 0 Å². The smallest absolute Gasteiger partial charge is 0.0704 e. The lowest BCUT2D eigenvalue weighted by Gasteiger charge is -2.32. The fourth-order valence-corrected chi connectivity index (χ4v) is 3.97. The molecule has 2 aromatic carbocycles. The molecule has 0 saturated carbocycles. The Morgan fingerprint density at radius 3 is 2.38 bits per heavy atom. The topological polar surface area (TPSA) is 18.5 Å². The lowest BCUT2D eigenvalue weighted by molar-refractivity contribution is 0.954. The first kappa shape index (κ1) is 13.7. The van der Waals surface area contributed by atoms with E-state index in [4.69, 9.17) is 0 Å². The van der Waals surface area contributed by atoms with E-state index in [2.05, 4.69) is 76.1 Å². The number of hydrogen-bond donors (Lipinski definition) is 1. The molecule has 0 radical (unpaired) electrons. The Morgan fingerprint density at radius 2 is 1.58 bits per heavy atom.